The smallest absolute Gasteiger partial charge is 0.319 e. The first kappa shape index (κ1) is 17.3. The van der Waals surface area contributed by atoms with Crippen molar-refractivity contribution in [3.8, 4) is 17.6 Å². The largest absolute Gasteiger partial charge is 0.491 e. The number of nitrogens with two attached hydrogens (primary N) is 1. The minimum absolute atomic E-state index is 0.257. The molecule has 1 aromatic rings. The number of nitrogens with one attached hydrogen (secondary N) is 1. The van der Waals surface area contributed by atoms with Gasteiger partial charge in [-0.1, -0.05) is 11.6 Å². The zero-order chi connectivity index (χ0) is 16.7. The molecule has 0 saturated heterocycles. The molecule has 1 aromatic carbocycles. The molecule has 0 aromatic heterocycles. The topological polar surface area (TPSA) is 114 Å². The van der Waals surface area contributed by atoms with Crippen LogP contribution in [0.2, 0.25) is 5.02 Å². The van der Waals surface area contributed by atoms with Crippen molar-refractivity contribution in [2.24, 2.45) is 5.73 Å². The highest BCUT2D eigenvalue weighted by Gasteiger charge is 2.14. The average molecular weight is 324 g/mol. The molecule has 0 fully saturated rings. The van der Waals surface area contributed by atoms with Gasteiger partial charge in [-0.3, -0.25) is 10.1 Å². The van der Waals surface area contributed by atoms with Gasteiger partial charge in [0.05, 0.1) is 18.7 Å². The van der Waals surface area contributed by atoms with E-state index in [1.807, 2.05) is 5.32 Å². The Morgan fingerprint density at radius 1 is 1.50 bits per heavy atom. The van der Waals surface area contributed by atoms with Crippen LogP contribution in [0.15, 0.2) is 17.7 Å². The number of primary amides is 1. The van der Waals surface area contributed by atoms with Crippen LogP contribution in [0.1, 0.15) is 12.5 Å². The minimum Gasteiger partial charge on any atom is -0.491 e. The van der Waals surface area contributed by atoms with Gasteiger partial charge in [0.25, 0.3) is 5.91 Å². The third-order valence-corrected chi connectivity index (χ3v) is 2.73. The number of halogens is 1. The molecule has 0 radical (unpaired) electrons. The number of methoxy groups -OCH3 is 1. The molecule has 0 saturated carbocycles. The number of benzene rings is 1. The van der Waals surface area contributed by atoms with Crippen molar-refractivity contribution in [2.75, 3.05) is 13.7 Å². The molecule has 116 valence electrons. The number of ether oxygens (including phenoxy) is 2. The molecule has 3 amide bonds. The Kier molecular flexibility index (Phi) is 6.23. The predicted octanol–water partition coefficient (Wildman–Crippen LogP) is 1.85. The van der Waals surface area contributed by atoms with Gasteiger partial charge in [0.15, 0.2) is 11.5 Å². The number of nitriles is 1. The molecule has 0 bridgehead atoms. The number of imide groups is 1. The summed E-state index contributed by atoms with van der Waals surface area (Å²) in [6, 6.07) is 3.69. The number of carbonyl (C=O) groups excluding carboxylic acids is 2. The number of urea groups is 1. The fourth-order valence-electron chi connectivity index (χ4n) is 1.63. The molecule has 22 heavy (non-hydrogen) atoms. The van der Waals surface area contributed by atoms with Gasteiger partial charge in [-0.05, 0) is 30.7 Å². The Bertz CT molecular complexity index is 665. The number of hydrogen-bond donors (Lipinski definition) is 2. The number of hydrogen-bond acceptors (Lipinski definition) is 5. The van der Waals surface area contributed by atoms with Crippen LogP contribution in [0.3, 0.4) is 0 Å². The Balaban J connectivity index is 3.25. The first-order valence-corrected chi connectivity index (χ1v) is 6.53. The molecule has 1 rings (SSSR count). The zero-order valence-corrected chi connectivity index (χ0v) is 12.7. The molecule has 0 aliphatic heterocycles. The Labute approximate surface area is 132 Å². The zero-order valence-electron chi connectivity index (χ0n) is 12.0. The van der Waals surface area contributed by atoms with E-state index in [0.717, 1.165) is 0 Å². The molecule has 7 nitrogen and oxygen atoms in total. The fraction of sp³-hybridized carbons (Fsp3) is 0.214. The third-order valence-electron chi connectivity index (χ3n) is 2.45. The van der Waals surface area contributed by atoms with E-state index < -0.39 is 11.9 Å². The Morgan fingerprint density at radius 2 is 2.18 bits per heavy atom. The van der Waals surface area contributed by atoms with Crippen LogP contribution >= 0.6 is 11.6 Å². The summed E-state index contributed by atoms with van der Waals surface area (Å²) in [5.74, 6) is -0.183. The van der Waals surface area contributed by atoms with Crippen molar-refractivity contribution >= 4 is 29.6 Å². The van der Waals surface area contributed by atoms with Gasteiger partial charge in [0.2, 0.25) is 0 Å². The van der Waals surface area contributed by atoms with Crippen LogP contribution in [-0.2, 0) is 4.79 Å². The van der Waals surface area contributed by atoms with Crippen molar-refractivity contribution in [3.05, 3.63) is 28.3 Å². The second-order valence-corrected chi connectivity index (χ2v) is 4.36. The number of carbonyl (C=O) groups is 2. The summed E-state index contributed by atoms with van der Waals surface area (Å²) in [6.07, 6.45) is 1.26. The van der Waals surface area contributed by atoms with Crippen molar-refractivity contribution in [1.82, 2.24) is 5.32 Å². The van der Waals surface area contributed by atoms with Gasteiger partial charge in [0, 0.05) is 0 Å². The quantitative estimate of drug-likeness (QED) is 0.634. The van der Waals surface area contributed by atoms with Crippen molar-refractivity contribution in [1.29, 1.82) is 5.26 Å². The molecular formula is C14H14ClN3O4. The Hall–Kier alpha value is -2.72. The molecule has 0 aliphatic rings. The maximum Gasteiger partial charge on any atom is 0.319 e. The second kappa shape index (κ2) is 7.90. The van der Waals surface area contributed by atoms with Gasteiger partial charge in [0.1, 0.15) is 11.6 Å². The summed E-state index contributed by atoms with van der Waals surface area (Å²) in [6.45, 7) is 2.17. The summed E-state index contributed by atoms with van der Waals surface area (Å²) in [5, 5.41) is 11.1. The van der Waals surface area contributed by atoms with E-state index in [1.165, 1.54) is 19.3 Å². The number of amides is 3. The van der Waals surface area contributed by atoms with Gasteiger partial charge >= 0.3 is 6.03 Å². The maximum absolute atomic E-state index is 11.6. The summed E-state index contributed by atoms with van der Waals surface area (Å²) < 4.78 is 10.5. The van der Waals surface area contributed by atoms with E-state index in [0.29, 0.717) is 23.7 Å². The monoisotopic (exact) mass is 323 g/mol. The molecule has 0 atom stereocenters. The first-order valence-electron chi connectivity index (χ1n) is 6.15. The van der Waals surface area contributed by atoms with Crippen LogP contribution in [0.4, 0.5) is 4.79 Å². The lowest BCUT2D eigenvalue weighted by Gasteiger charge is -2.12. The SMILES string of the molecule is CCOc1cc(/C=C(/C#N)C(=O)NC(N)=O)cc(Cl)c1OC. The minimum atomic E-state index is -1.05. The lowest BCUT2D eigenvalue weighted by Crippen LogP contribution is -2.35. The Morgan fingerprint density at radius 3 is 2.68 bits per heavy atom. The highest BCUT2D eigenvalue weighted by molar-refractivity contribution is 6.32. The van der Waals surface area contributed by atoms with Crippen molar-refractivity contribution in [2.45, 2.75) is 6.92 Å². The van der Waals surface area contributed by atoms with E-state index in [-0.39, 0.29) is 10.6 Å². The van der Waals surface area contributed by atoms with Crippen LogP contribution < -0.4 is 20.5 Å². The summed E-state index contributed by atoms with van der Waals surface area (Å²) in [4.78, 5) is 22.3. The lowest BCUT2D eigenvalue weighted by molar-refractivity contribution is -0.115. The third kappa shape index (κ3) is 4.40. The molecule has 0 spiro atoms. The summed E-state index contributed by atoms with van der Waals surface area (Å²) in [5.41, 5.74) is 4.97. The molecule has 0 unspecified atom stereocenters. The number of rotatable bonds is 5. The molecular weight excluding hydrogens is 310 g/mol. The molecule has 8 heteroatoms. The normalized spacial score (nSPS) is 10.5. The van der Waals surface area contributed by atoms with E-state index in [4.69, 9.17) is 32.1 Å². The van der Waals surface area contributed by atoms with Crippen LogP contribution in [0.5, 0.6) is 11.5 Å². The van der Waals surface area contributed by atoms with Gasteiger partial charge in [-0.2, -0.15) is 5.26 Å². The molecule has 0 heterocycles. The van der Waals surface area contributed by atoms with E-state index >= 15 is 0 Å². The summed E-state index contributed by atoms with van der Waals surface area (Å²) >= 11 is 6.07. The predicted molar refractivity (Wildman–Crippen MR) is 80.5 cm³/mol. The van der Waals surface area contributed by atoms with Crippen molar-refractivity contribution < 1.29 is 19.1 Å². The van der Waals surface area contributed by atoms with Crippen molar-refractivity contribution in [3.63, 3.8) is 0 Å². The van der Waals surface area contributed by atoms with Crippen LogP contribution in [0.25, 0.3) is 6.08 Å². The van der Waals surface area contributed by atoms with E-state index in [1.54, 1.807) is 19.1 Å². The van der Waals surface area contributed by atoms with Crippen LogP contribution in [-0.4, -0.2) is 25.7 Å². The van der Waals surface area contributed by atoms with E-state index in [2.05, 4.69) is 0 Å². The second-order valence-electron chi connectivity index (χ2n) is 3.96. The van der Waals surface area contributed by atoms with Gasteiger partial charge in [-0.25, -0.2) is 4.79 Å². The first-order chi connectivity index (χ1) is 10.4. The standard InChI is InChI=1S/C14H14ClN3O4/c1-3-22-11-6-8(5-10(15)12(11)21-2)4-9(7-16)13(19)18-14(17)20/h4-6H,3H2,1-2H3,(H3,17,18,19,20)/b9-4-. The van der Waals surface area contributed by atoms with Gasteiger partial charge in [-0.15, -0.1) is 0 Å². The highest BCUT2D eigenvalue weighted by atomic mass is 35.5. The fourth-order valence-corrected chi connectivity index (χ4v) is 1.92. The molecule has 0 aliphatic carbocycles. The average Bonchev–Trinajstić information content (AvgIpc) is 2.44. The van der Waals surface area contributed by atoms with Crippen LogP contribution in [0, 0.1) is 11.3 Å². The summed E-state index contributed by atoms with van der Waals surface area (Å²) in [7, 11) is 1.44. The molecule has 3 N–H and O–H groups in total. The maximum atomic E-state index is 11.6. The highest BCUT2D eigenvalue weighted by Crippen LogP contribution is 2.36. The van der Waals surface area contributed by atoms with E-state index in [9.17, 15) is 9.59 Å². The number of nitrogens with zero attached hydrogens (tertiary/aromatic N) is 1. The van der Waals surface area contributed by atoms with Gasteiger partial charge < -0.3 is 15.2 Å². The lowest BCUT2D eigenvalue weighted by atomic mass is 10.1.